The maximum absolute atomic E-state index is 9.38. The van der Waals surface area contributed by atoms with Crippen molar-refractivity contribution in [2.24, 2.45) is 5.73 Å². The Morgan fingerprint density at radius 3 is 2.56 bits per heavy atom. The SMILES string of the molecule is N=C(N)c1cnc(N2CCC(O)CC2)cn1. The number of nitrogens with zero attached hydrogens (tertiary/aromatic N) is 3. The minimum absolute atomic E-state index is 0.0758. The van der Waals surface area contributed by atoms with Crippen LogP contribution in [0.15, 0.2) is 12.4 Å². The fraction of sp³-hybridized carbons (Fsp3) is 0.500. The topological polar surface area (TPSA) is 99.1 Å². The number of nitrogens with one attached hydrogen (secondary N) is 1. The third-order valence-electron chi connectivity index (χ3n) is 2.70. The average Bonchev–Trinajstić information content (AvgIpc) is 2.30. The molecule has 0 atom stereocenters. The summed E-state index contributed by atoms with van der Waals surface area (Å²) in [7, 11) is 0. The molecule has 16 heavy (non-hydrogen) atoms. The number of aromatic nitrogens is 2. The second-order valence-electron chi connectivity index (χ2n) is 3.89. The summed E-state index contributed by atoms with van der Waals surface area (Å²) in [5.41, 5.74) is 5.68. The van der Waals surface area contributed by atoms with Crippen LogP contribution in [-0.4, -0.2) is 40.1 Å². The van der Waals surface area contributed by atoms with Gasteiger partial charge in [0.15, 0.2) is 0 Å². The first kappa shape index (κ1) is 10.8. The monoisotopic (exact) mass is 221 g/mol. The molecule has 1 aromatic rings. The van der Waals surface area contributed by atoms with Crippen LogP contribution in [0.5, 0.6) is 0 Å². The molecule has 0 aromatic carbocycles. The van der Waals surface area contributed by atoms with Crippen LogP contribution in [0.4, 0.5) is 5.82 Å². The van der Waals surface area contributed by atoms with Crippen LogP contribution < -0.4 is 10.6 Å². The zero-order chi connectivity index (χ0) is 11.5. The predicted molar refractivity (Wildman–Crippen MR) is 60.5 cm³/mol. The molecular formula is C10H15N5O. The van der Waals surface area contributed by atoms with Gasteiger partial charge in [-0.05, 0) is 12.8 Å². The van der Waals surface area contributed by atoms with E-state index < -0.39 is 0 Å². The molecule has 1 aliphatic heterocycles. The summed E-state index contributed by atoms with van der Waals surface area (Å²) in [6.45, 7) is 1.57. The van der Waals surface area contributed by atoms with Crippen molar-refractivity contribution in [2.75, 3.05) is 18.0 Å². The van der Waals surface area contributed by atoms with Crippen LogP contribution in [0.2, 0.25) is 0 Å². The summed E-state index contributed by atoms with van der Waals surface area (Å²) in [6.07, 6.45) is 4.45. The largest absolute Gasteiger partial charge is 0.393 e. The van der Waals surface area contributed by atoms with Gasteiger partial charge >= 0.3 is 0 Å². The standard InChI is InChI=1S/C10H15N5O/c11-10(12)8-5-14-9(6-13-8)15-3-1-7(16)2-4-15/h5-7,16H,1-4H2,(H3,11,12). The molecule has 0 aliphatic carbocycles. The normalized spacial score (nSPS) is 17.4. The highest BCUT2D eigenvalue weighted by Gasteiger charge is 2.18. The third kappa shape index (κ3) is 2.27. The summed E-state index contributed by atoms with van der Waals surface area (Å²) >= 11 is 0. The predicted octanol–water partition coefficient (Wildman–Crippen LogP) is -0.278. The van der Waals surface area contributed by atoms with Crippen molar-refractivity contribution in [1.82, 2.24) is 9.97 Å². The Morgan fingerprint density at radius 1 is 1.38 bits per heavy atom. The zero-order valence-electron chi connectivity index (χ0n) is 8.93. The van der Waals surface area contributed by atoms with Gasteiger partial charge in [-0.3, -0.25) is 5.41 Å². The Labute approximate surface area is 93.6 Å². The second-order valence-corrected chi connectivity index (χ2v) is 3.89. The van der Waals surface area contributed by atoms with E-state index in [1.165, 1.54) is 6.20 Å². The number of nitrogens with two attached hydrogens (primary N) is 1. The van der Waals surface area contributed by atoms with Gasteiger partial charge in [0, 0.05) is 13.1 Å². The van der Waals surface area contributed by atoms with E-state index in [2.05, 4.69) is 14.9 Å². The van der Waals surface area contributed by atoms with Gasteiger partial charge in [-0.15, -0.1) is 0 Å². The van der Waals surface area contributed by atoms with Gasteiger partial charge in [0.2, 0.25) is 0 Å². The van der Waals surface area contributed by atoms with Crippen molar-refractivity contribution in [3.63, 3.8) is 0 Å². The van der Waals surface area contributed by atoms with Crippen LogP contribution in [-0.2, 0) is 0 Å². The minimum atomic E-state index is -0.194. The highest BCUT2D eigenvalue weighted by Crippen LogP contribution is 2.16. The maximum Gasteiger partial charge on any atom is 0.147 e. The molecule has 6 nitrogen and oxygen atoms in total. The Kier molecular flexibility index (Phi) is 3.00. The molecule has 4 N–H and O–H groups in total. The van der Waals surface area contributed by atoms with E-state index in [-0.39, 0.29) is 11.9 Å². The van der Waals surface area contributed by atoms with Crippen molar-refractivity contribution in [3.05, 3.63) is 18.1 Å². The molecule has 0 bridgehead atoms. The molecule has 0 spiro atoms. The smallest absolute Gasteiger partial charge is 0.147 e. The molecule has 1 saturated heterocycles. The van der Waals surface area contributed by atoms with Crippen molar-refractivity contribution in [3.8, 4) is 0 Å². The van der Waals surface area contributed by atoms with Crippen molar-refractivity contribution < 1.29 is 5.11 Å². The summed E-state index contributed by atoms with van der Waals surface area (Å²) in [6, 6.07) is 0. The highest BCUT2D eigenvalue weighted by molar-refractivity contribution is 5.92. The van der Waals surface area contributed by atoms with Gasteiger partial charge < -0.3 is 15.7 Å². The molecule has 6 heteroatoms. The molecule has 1 aliphatic rings. The second kappa shape index (κ2) is 4.44. The number of hydrogen-bond acceptors (Lipinski definition) is 5. The van der Waals surface area contributed by atoms with Crippen LogP contribution >= 0.6 is 0 Å². The van der Waals surface area contributed by atoms with Gasteiger partial charge in [0.1, 0.15) is 17.3 Å². The molecule has 1 aromatic heterocycles. The number of aliphatic hydroxyl groups is 1. The zero-order valence-corrected chi connectivity index (χ0v) is 8.93. The molecule has 86 valence electrons. The number of nitrogen functional groups attached to an aromatic ring is 1. The lowest BCUT2D eigenvalue weighted by atomic mass is 10.1. The Balaban J connectivity index is 2.07. The number of anilines is 1. The number of amidine groups is 1. The fourth-order valence-corrected chi connectivity index (χ4v) is 1.72. The quantitative estimate of drug-likeness (QED) is 0.471. The average molecular weight is 221 g/mol. The first-order chi connectivity index (χ1) is 7.66. The first-order valence-electron chi connectivity index (χ1n) is 5.26. The van der Waals surface area contributed by atoms with E-state index in [1.807, 2.05) is 0 Å². The summed E-state index contributed by atoms with van der Waals surface area (Å²) in [5, 5.41) is 16.6. The molecule has 0 radical (unpaired) electrons. The minimum Gasteiger partial charge on any atom is -0.393 e. The number of piperidine rings is 1. The Hall–Kier alpha value is -1.69. The van der Waals surface area contributed by atoms with Crippen LogP contribution in [0.1, 0.15) is 18.5 Å². The number of rotatable bonds is 2. The van der Waals surface area contributed by atoms with Crippen molar-refractivity contribution in [1.29, 1.82) is 5.41 Å². The lowest BCUT2D eigenvalue weighted by molar-refractivity contribution is 0.145. The van der Waals surface area contributed by atoms with Gasteiger partial charge in [0.25, 0.3) is 0 Å². The van der Waals surface area contributed by atoms with Gasteiger partial charge in [-0.1, -0.05) is 0 Å². The molecule has 2 heterocycles. The van der Waals surface area contributed by atoms with E-state index in [0.29, 0.717) is 5.69 Å². The number of aliphatic hydroxyl groups excluding tert-OH is 1. The summed E-state index contributed by atoms with van der Waals surface area (Å²) < 4.78 is 0. The summed E-state index contributed by atoms with van der Waals surface area (Å²) in [4.78, 5) is 10.3. The summed E-state index contributed by atoms with van der Waals surface area (Å²) in [5.74, 6) is 0.699. The lowest BCUT2D eigenvalue weighted by Gasteiger charge is -2.30. The number of hydrogen-bond donors (Lipinski definition) is 3. The molecular weight excluding hydrogens is 206 g/mol. The maximum atomic E-state index is 9.38. The first-order valence-corrected chi connectivity index (χ1v) is 5.26. The van der Waals surface area contributed by atoms with Crippen molar-refractivity contribution in [2.45, 2.75) is 18.9 Å². The van der Waals surface area contributed by atoms with E-state index in [9.17, 15) is 5.11 Å². The Bertz CT molecular complexity index is 369. The molecule has 2 rings (SSSR count). The van der Waals surface area contributed by atoms with Crippen molar-refractivity contribution >= 4 is 11.7 Å². The van der Waals surface area contributed by atoms with Gasteiger partial charge in [-0.2, -0.15) is 0 Å². The molecule has 0 saturated carbocycles. The molecule has 1 fully saturated rings. The highest BCUT2D eigenvalue weighted by atomic mass is 16.3. The van der Waals surface area contributed by atoms with Crippen LogP contribution in [0, 0.1) is 5.41 Å². The van der Waals surface area contributed by atoms with Crippen LogP contribution in [0.25, 0.3) is 0 Å². The van der Waals surface area contributed by atoms with E-state index in [4.69, 9.17) is 11.1 Å². The molecule has 0 unspecified atom stereocenters. The Morgan fingerprint density at radius 2 is 2.06 bits per heavy atom. The fourth-order valence-electron chi connectivity index (χ4n) is 1.72. The third-order valence-corrected chi connectivity index (χ3v) is 2.70. The van der Waals surface area contributed by atoms with Gasteiger partial charge in [0.05, 0.1) is 18.5 Å². The van der Waals surface area contributed by atoms with E-state index in [1.54, 1.807) is 6.20 Å². The van der Waals surface area contributed by atoms with Gasteiger partial charge in [-0.25, -0.2) is 9.97 Å². The van der Waals surface area contributed by atoms with E-state index >= 15 is 0 Å². The lowest BCUT2D eigenvalue weighted by Crippen LogP contribution is -2.36. The molecule has 0 amide bonds. The van der Waals surface area contributed by atoms with Crippen LogP contribution in [0.3, 0.4) is 0 Å². The van der Waals surface area contributed by atoms with E-state index in [0.717, 1.165) is 31.7 Å².